The molecule has 0 bridgehead atoms. The van der Waals surface area contributed by atoms with Gasteiger partial charge in [0.05, 0.1) is 6.10 Å². The summed E-state index contributed by atoms with van der Waals surface area (Å²) in [6.45, 7) is 6.14. The van der Waals surface area contributed by atoms with Gasteiger partial charge in [0, 0.05) is 25.2 Å². The van der Waals surface area contributed by atoms with Crippen molar-refractivity contribution in [1.82, 2.24) is 0 Å². The Bertz CT molecular complexity index is 421. The van der Waals surface area contributed by atoms with Gasteiger partial charge in [0.15, 0.2) is 0 Å². The molecular weight excluding hydrogens is 210 g/mol. The number of hydrogen-bond donors (Lipinski definition) is 1. The first-order valence-corrected chi connectivity index (χ1v) is 6.09. The largest absolute Gasteiger partial charge is 0.388 e. The maximum atomic E-state index is 10.4. The molecule has 2 rings (SSSR count). The molecule has 2 nitrogen and oxygen atoms in total. The monoisotopic (exact) mass is 231 g/mol. The van der Waals surface area contributed by atoms with Crippen LogP contribution in [0.3, 0.4) is 0 Å². The SMILES string of the molecule is C=C1CCC1(C)C(O)c1ccc(N(C)C)cc1. The second-order valence-corrected chi connectivity index (χ2v) is 5.41. The van der Waals surface area contributed by atoms with Crippen molar-refractivity contribution in [3.63, 3.8) is 0 Å². The highest BCUT2D eigenvalue weighted by molar-refractivity contribution is 5.47. The summed E-state index contributed by atoms with van der Waals surface area (Å²) in [5.41, 5.74) is 3.18. The molecule has 0 spiro atoms. The molecular formula is C15H21NO. The van der Waals surface area contributed by atoms with Crippen LogP contribution in [-0.2, 0) is 0 Å². The van der Waals surface area contributed by atoms with E-state index in [4.69, 9.17) is 0 Å². The summed E-state index contributed by atoms with van der Waals surface area (Å²) in [6, 6.07) is 8.11. The fourth-order valence-electron chi connectivity index (χ4n) is 2.35. The van der Waals surface area contributed by atoms with Crippen molar-refractivity contribution < 1.29 is 5.11 Å². The normalized spacial score (nSPS) is 25.3. The highest BCUT2D eigenvalue weighted by Crippen LogP contribution is 2.53. The lowest BCUT2D eigenvalue weighted by molar-refractivity contribution is 0.0263. The van der Waals surface area contributed by atoms with Crippen molar-refractivity contribution >= 4 is 5.69 Å². The van der Waals surface area contributed by atoms with Crippen LogP contribution in [0.1, 0.15) is 31.4 Å². The van der Waals surface area contributed by atoms with Gasteiger partial charge in [0.25, 0.3) is 0 Å². The van der Waals surface area contributed by atoms with E-state index in [2.05, 4.69) is 18.4 Å². The van der Waals surface area contributed by atoms with Crippen LogP contribution < -0.4 is 4.90 Å². The van der Waals surface area contributed by atoms with Gasteiger partial charge in [-0.25, -0.2) is 0 Å². The van der Waals surface area contributed by atoms with Crippen LogP contribution in [0.25, 0.3) is 0 Å². The van der Waals surface area contributed by atoms with E-state index in [1.807, 2.05) is 38.4 Å². The molecule has 0 radical (unpaired) electrons. The van der Waals surface area contributed by atoms with Gasteiger partial charge in [-0.05, 0) is 30.5 Å². The van der Waals surface area contributed by atoms with Crippen LogP contribution in [0.5, 0.6) is 0 Å². The summed E-state index contributed by atoms with van der Waals surface area (Å²) in [4.78, 5) is 2.06. The summed E-state index contributed by atoms with van der Waals surface area (Å²) in [5, 5.41) is 10.4. The lowest BCUT2D eigenvalue weighted by atomic mass is 9.62. The predicted molar refractivity (Wildman–Crippen MR) is 72.2 cm³/mol. The van der Waals surface area contributed by atoms with Gasteiger partial charge in [0.2, 0.25) is 0 Å². The van der Waals surface area contributed by atoms with E-state index in [9.17, 15) is 5.11 Å². The third-order valence-corrected chi connectivity index (χ3v) is 4.08. The number of anilines is 1. The van der Waals surface area contributed by atoms with Gasteiger partial charge in [-0.1, -0.05) is 31.2 Å². The number of rotatable bonds is 3. The molecule has 0 saturated heterocycles. The van der Waals surface area contributed by atoms with Gasteiger partial charge < -0.3 is 10.0 Å². The second-order valence-electron chi connectivity index (χ2n) is 5.41. The molecule has 0 heterocycles. The molecule has 2 heteroatoms. The first kappa shape index (κ1) is 12.2. The number of benzene rings is 1. The van der Waals surface area contributed by atoms with E-state index in [-0.39, 0.29) is 5.41 Å². The van der Waals surface area contributed by atoms with Gasteiger partial charge in [-0.15, -0.1) is 0 Å². The quantitative estimate of drug-likeness (QED) is 0.808. The van der Waals surface area contributed by atoms with Crippen molar-refractivity contribution in [3.05, 3.63) is 42.0 Å². The zero-order valence-corrected chi connectivity index (χ0v) is 10.9. The number of aliphatic hydroxyl groups is 1. The van der Waals surface area contributed by atoms with E-state index in [1.165, 1.54) is 5.57 Å². The molecule has 1 saturated carbocycles. The molecule has 2 unspecified atom stereocenters. The summed E-state index contributed by atoms with van der Waals surface area (Å²) in [5.74, 6) is 0. The number of nitrogens with zero attached hydrogens (tertiary/aromatic N) is 1. The molecule has 1 aromatic rings. The maximum Gasteiger partial charge on any atom is 0.0880 e. The highest BCUT2D eigenvalue weighted by atomic mass is 16.3. The average molecular weight is 231 g/mol. The zero-order valence-electron chi connectivity index (χ0n) is 10.9. The smallest absolute Gasteiger partial charge is 0.0880 e. The molecule has 1 aliphatic carbocycles. The van der Waals surface area contributed by atoms with E-state index in [0.717, 1.165) is 24.1 Å². The first-order chi connectivity index (χ1) is 7.95. The third kappa shape index (κ3) is 1.98. The lowest BCUT2D eigenvalue weighted by Crippen LogP contribution is -2.35. The summed E-state index contributed by atoms with van der Waals surface area (Å²) < 4.78 is 0. The predicted octanol–water partition coefficient (Wildman–Crippen LogP) is 3.14. The van der Waals surface area contributed by atoms with Crippen LogP contribution in [-0.4, -0.2) is 19.2 Å². The van der Waals surface area contributed by atoms with E-state index < -0.39 is 6.10 Å². The molecule has 1 fully saturated rings. The van der Waals surface area contributed by atoms with Crippen molar-refractivity contribution in [2.75, 3.05) is 19.0 Å². The molecule has 1 N–H and O–H groups in total. The van der Waals surface area contributed by atoms with Crippen molar-refractivity contribution in [2.24, 2.45) is 5.41 Å². The van der Waals surface area contributed by atoms with Gasteiger partial charge >= 0.3 is 0 Å². The van der Waals surface area contributed by atoms with Gasteiger partial charge in [-0.3, -0.25) is 0 Å². The topological polar surface area (TPSA) is 23.5 Å². The Kier molecular flexibility index (Phi) is 3.00. The molecule has 0 aliphatic heterocycles. The van der Waals surface area contributed by atoms with Crippen LogP contribution in [0.4, 0.5) is 5.69 Å². The zero-order chi connectivity index (χ0) is 12.6. The van der Waals surface area contributed by atoms with E-state index in [1.54, 1.807) is 0 Å². The van der Waals surface area contributed by atoms with Crippen molar-refractivity contribution in [3.8, 4) is 0 Å². The van der Waals surface area contributed by atoms with E-state index in [0.29, 0.717) is 0 Å². The molecule has 1 aliphatic rings. The Balaban J connectivity index is 2.20. The molecule has 0 amide bonds. The van der Waals surface area contributed by atoms with Crippen LogP contribution >= 0.6 is 0 Å². The molecule has 1 aromatic carbocycles. The Morgan fingerprint density at radius 1 is 1.29 bits per heavy atom. The average Bonchev–Trinajstić information content (AvgIpc) is 2.35. The lowest BCUT2D eigenvalue weighted by Gasteiger charge is -2.45. The summed E-state index contributed by atoms with van der Waals surface area (Å²) in [7, 11) is 4.03. The van der Waals surface area contributed by atoms with Crippen LogP contribution in [0.2, 0.25) is 0 Å². The second kappa shape index (κ2) is 4.19. The minimum Gasteiger partial charge on any atom is -0.388 e. The minimum absolute atomic E-state index is 0.125. The van der Waals surface area contributed by atoms with Crippen molar-refractivity contribution in [1.29, 1.82) is 0 Å². The molecule has 17 heavy (non-hydrogen) atoms. The van der Waals surface area contributed by atoms with Gasteiger partial charge in [-0.2, -0.15) is 0 Å². The fourth-order valence-corrected chi connectivity index (χ4v) is 2.35. The summed E-state index contributed by atoms with van der Waals surface area (Å²) in [6.07, 6.45) is 1.64. The number of aliphatic hydroxyl groups excluding tert-OH is 1. The van der Waals surface area contributed by atoms with Gasteiger partial charge in [0.1, 0.15) is 0 Å². The molecule has 2 atom stereocenters. The molecule has 92 valence electrons. The maximum absolute atomic E-state index is 10.4. The summed E-state index contributed by atoms with van der Waals surface area (Å²) >= 11 is 0. The standard InChI is InChI=1S/C15H21NO/c1-11-9-10-15(11,2)14(17)12-5-7-13(8-6-12)16(3)4/h5-8,14,17H,1,9-10H2,2-4H3. The Hall–Kier alpha value is -1.28. The first-order valence-electron chi connectivity index (χ1n) is 6.09. The minimum atomic E-state index is -0.431. The molecule has 0 aromatic heterocycles. The Morgan fingerprint density at radius 3 is 2.24 bits per heavy atom. The van der Waals surface area contributed by atoms with E-state index >= 15 is 0 Å². The Labute approximate surface area is 104 Å². The van der Waals surface area contributed by atoms with Crippen LogP contribution in [0, 0.1) is 5.41 Å². The Morgan fingerprint density at radius 2 is 1.88 bits per heavy atom. The van der Waals surface area contributed by atoms with Crippen LogP contribution in [0.15, 0.2) is 36.4 Å². The number of hydrogen-bond acceptors (Lipinski definition) is 2. The third-order valence-electron chi connectivity index (χ3n) is 4.08. The van der Waals surface area contributed by atoms with Crippen molar-refractivity contribution in [2.45, 2.75) is 25.9 Å². The highest BCUT2D eigenvalue weighted by Gasteiger charge is 2.42. The fraction of sp³-hybridized carbons (Fsp3) is 0.467.